The number of esters is 4. The molecule has 0 aromatic heterocycles. The van der Waals surface area contributed by atoms with E-state index in [-0.39, 0.29) is 25.7 Å². The monoisotopic (exact) mass is 1180 g/mol. The van der Waals surface area contributed by atoms with Gasteiger partial charge in [-0.3, -0.25) is 37.3 Å². The number of aliphatic hydroxyl groups excluding tert-OH is 1. The molecular formula is C61H118O17P2. The van der Waals surface area contributed by atoms with E-state index in [1.165, 1.54) is 109 Å². The molecule has 0 rings (SSSR count). The van der Waals surface area contributed by atoms with E-state index < -0.39 is 97.5 Å². The molecule has 0 aliphatic rings. The molecule has 6 atom stereocenters. The summed E-state index contributed by atoms with van der Waals surface area (Å²) >= 11 is 0. The number of unbranched alkanes of at least 4 members (excludes halogenated alkanes) is 29. The van der Waals surface area contributed by atoms with Gasteiger partial charge in [-0.05, 0) is 37.5 Å². The van der Waals surface area contributed by atoms with E-state index in [9.17, 15) is 43.2 Å². The fraction of sp³-hybridized carbons (Fsp3) is 0.934. The van der Waals surface area contributed by atoms with Crippen molar-refractivity contribution < 1.29 is 80.2 Å². The second-order valence-electron chi connectivity index (χ2n) is 22.8. The molecule has 3 unspecified atom stereocenters. The highest BCUT2D eigenvalue weighted by atomic mass is 31.2. The number of phosphoric ester groups is 2. The number of hydrogen-bond acceptors (Lipinski definition) is 15. The molecule has 0 amide bonds. The zero-order valence-electron chi connectivity index (χ0n) is 51.4. The molecule has 0 aliphatic carbocycles. The van der Waals surface area contributed by atoms with Gasteiger partial charge in [0.1, 0.15) is 19.3 Å². The summed E-state index contributed by atoms with van der Waals surface area (Å²) in [4.78, 5) is 72.0. The lowest BCUT2D eigenvalue weighted by Crippen LogP contribution is -2.30. The first-order valence-corrected chi connectivity index (χ1v) is 35.0. The molecule has 80 heavy (non-hydrogen) atoms. The minimum absolute atomic E-state index is 0.103. The van der Waals surface area contributed by atoms with Gasteiger partial charge in [0.25, 0.3) is 0 Å². The zero-order chi connectivity index (χ0) is 59.4. The van der Waals surface area contributed by atoms with E-state index in [0.29, 0.717) is 25.7 Å². The van der Waals surface area contributed by atoms with Crippen LogP contribution in [0.4, 0.5) is 0 Å². The average molecular weight is 1190 g/mol. The van der Waals surface area contributed by atoms with Gasteiger partial charge in [-0.2, -0.15) is 0 Å². The van der Waals surface area contributed by atoms with E-state index in [4.69, 9.17) is 37.0 Å². The topological polar surface area (TPSA) is 237 Å². The maximum absolute atomic E-state index is 12.9. The average Bonchev–Trinajstić information content (AvgIpc) is 3.42. The van der Waals surface area contributed by atoms with Gasteiger partial charge in [0.15, 0.2) is 12.2 Å². The normalized spacial score (nSPS) is 14.7. The molecule has 19 heteroatoms. The molecule has 0 aliphatic heterocycles. The van der Waals surface area contributed by atoms with Crippen molar-refractivity contribution in [3.63, 3.8) is 0 Å². The molecule has 0 aromatic rings. The fourth-order valence-electron chi connectivity index (χ4n) is 8.97. The van der Waals surface area contributed by atoms with Gasteiger partial charge in [-0.25, -0.2) is 9.13 Å². The summed E-state index contributed by atoms with van der Waals surface area (Å²) in [6.45, 7) is 9.35. The zero-order valence-corrected chi connectivity index (χ0v) is 53.2. The number of carbonyl (C=O) groups is 4. The summed E-state index contributed by atoms with van der Waals surface area (Å²) in [5.74, 6) is -0.705. The van der Waals surface area contributed by atoms with Crippen LogP contribution in [0.25, 0.3) is 0 Å². The minimum atomic E-state index is -4.94. The van der Waals surface area contributed by atoms with E-state index >= 15 is 0 Å². The molecule has 0 aromatic carbocycles. The quantitative estimate of drug-likeness (QED) is 0.0222. The Kier molecular flexibility index (Phi) is 52.5. The van der Waals surface area contributed by atoms with Crippen molar-refractivity contribution in [1.82, 2.24) is 0 Å². The molecule has 474 valence electrons. The van der Waals surface area contributed by atoms with Crippen LogP contribution in [-0.2, 0) is 65.4 Å². The summed E-state index contributed by atoms with van der Waals surface area (Å²) in [6.07, 6.45) is 34.9. The number of rotatable bonds is 60. The van der Waals surface area contributed by atoms with Gasteiger partial charge in [-0.1, -0.05) is 247 Å². The number of ether oxygens (including phenoxy) is 4. The summed E-state index contributed by atoms with van der Waals surface area (Å²) in [5.41, 5.74) is 0. The third kappa shape index (κ3) is 54.0. The van der Waals surface area contributed by atoms with Crippen molar-refractivity contribution in [3.8, 4) is 0 Å². The SMILES string of the molecule is CCCCCCCCCCCCCC(=O)OC[C@H](COP(=O)(O)OC[C@@H](O)COP(=O)(O)OC[C@@H](COC(=O)CCCCCCCCCC)OC(=O)CCCCCCCCC(C)CC)OC(=O)CCCCCCCCCCC(C)C. The van der Waals surface area contributed by atoms with Gasteiger partial charge in [0.2, 0.25) is 0 Å². The lowest BCUT2D eigenvalue weighted by molar-refractivity contribution is -0.161. The van der Waals surface area contributed by atoms with Crippen LogP contribution >= 0.6 is 15.6 Å². The Morgan fingerprint density at radius 2 is 0.637 bits per heavy atom. The van der Waals surface area contributed by atoms with E-state index in [0.717, 1.165) is 108 Å². The number of phosphoric acid groups is 2. The Balaban J connectivity index is 5.24. The minimum Gasteiger partial charge on any atom is -0.462 e. The predicted octanol–water partition coefficient (Wildman–Crippen LogP) is 16.5. The lowest BCUT2D eigenvalue weighted by atomic mass is 10.00. The molecule has 0 radical (unpaired) electrons. The second kappa shape index (κ2) is 53.8. The van der Waals surface area contributed by atoms with Gasteiger partial charge in [0.05, 0.1) is 26.4 Å². The summed E-state index contributed by atoms with van der Waals surface area (Å²) in [7, 11) is -9.88. The molecule has 0 heterocycles. The van der Waals surface area contributed by atoms with Gasteiger partial charge < -0.3 is 33.8 Å². The molecule has 0 fully saturated rings. The van der Waals surface area contributed by atoms with Crippen LogP contribution in [0.15, 0.2) is 0 Å². The second-order valence-corrected chi connectivity index (χ2v) is 25.7. The number of aliphatic hydroxyl groups is 1. The number of carbonyl (C=O) groups excluding carboxylic acids is 4. The Morgan fingerprint density at radius 3 is 0.950 bits per heavy atom. The molecular weight excluding hydrogens is 1070 g/mol. The van der Waals surface area contributed by atoms with Gasteiger partial charge in [-0.15, -0.1) is 0 Å². The van der Waals surface area contributed by atoms with Crippen LogP contribution in [0.2, 0.25) is 0 Å². The largest absolute Gasteiger partial charge is 0.472 e. The first kappa shape index (κ1) is 78.1. The highest BCUT2D eigenvalue weighted by Crippen LogP contribution is 2.45. The summed E-state index contributed by atoms with van der Waals surface area (Å²) < 4.78 is 67.8. The lowest BCUT2D eigenvalue weighted by Gasteiger charge is -2.21. The first-order valence-electron chi connectivity index (χ1n) is 32.0. The van der Waals surface area contributed by atoms with Crippen molar-refractivity contribution in [1.29, 1.82) is 0 Å². The molecule has 0 saturated heterocycles. The first-order chi connectivity index (χ1) is 38.4. The maximum Gasteiger partial charge on any atom is 0.472 e. The third-order valence-electron chi connectivity index (χ3n) is 14.3. The van der Waals surface area contributed by atoms with Crippen molar-refractivity contribution in [2.24, 2.45) is 11.8 Å². The van der Waals surface area contributed by atoms with Gasteiger partial charge in [0, 0.05) is 25.7 Å². The van der Waals surface area contributed by atoms with E-state index in [1.807, 2.05) is 0 Å². The van der Waals surface area contributed by atoms with E-state index in [2.05, 4.69) is 41.5 Å². The van der Waals surface area contributed by atoms with Crippen LogP contribution in [-0.4, -0.2) is 96.7 Å². The number of hydrogen-bond donors (Lipinski definition) is 3. The third-order valence-corrected chi connectivity index (χ3v) is 16.2. The smallest absolute Gasteiger partial charge is 0.462 e. The fourth-order valence-corrected chi connectivity index (χ4v) is 10.5. The Morgan fingerprint density at radius 1 is 0.362 bits per heavy atom. The summed E-state index contributed by atoms with van der Waals surface area (Å²) in [6, 6.07) is 0. The highest BCUT2D eigenvalue weighted by Gasteiger charge is 2.30. The highest BCUT2D eigenvalue weighted by molar-refractivity contribution is 7.47. The molecule has 17 nitrogen and oxygen atoms in total. The Labute approximate surface area is 486 Å². The van der Waals surface area contributed by atoms with Crippen LogP contribution in [0.3, 0.4) is 0 Å². The molecule has 0 bridgehead atoms. The van der Waals surface area contributed by atoms with Crippen LogP contribution in [0, 0.1) is 11.8 Å². The van der Waals surface area contributed by atoms with Gasteiger partial charge >= 0.3 is 39.5 Å². The molecule has 0 saturated carbocycles. The maximum atomic E-state index is 12.9. The predicted molar refractivity (Wildman–Crippen MR) is 317 cm³/mol. The molecule has 0 spiro atoms. The van der Waals surface area contributed by atoms with Crippen molar-refractivity contribution in [3.05, 3.63) is 0 Å². The van der Waals surface area contributed by atoms with Crippen molar-refractivity contribution in [2.45, 2.75) is 317 Å². The standard InChI is InChI=1S/C61H118O17P2/c1-7-10-12-14-16-18-19-20-25-32-38-44-59(64)72-49-56(77-60(65)45-39-33-26-22-21-23-29-35-41-53(4)5)51-75-79(67,68)73-47-55(62)48-74-80(69,70)76-52-57(50-71-58(63)43-37-31-24-17-15-13-11-8-2)78-61(66)46-40-34-28-27-30-36-42-54(6)9-3/h53-57,62H,7-52H2,1-6H3,(H,67,68)(H,69,70)/t54?,55-,56-,57-/m1/s1. The van der Waals surface area contributed by atoms with Crippen molar-refractivity contribution in [2.75, 3.05) is 39.6 Å². The van der Waals surface area contributed by atoms with Crippen LogP contribution < -0.4 is 0 Å². The molecule has 3 N–H and O–H groups in total. The van der Waals surface area contributed by atoms with Crippen LogP contribution in [0.1, 0.15) is 298 Å². The van der Waals surface area contributed by atoms with Crippen LogP contribution in [0.5, 0.6) is 0 Å². The Hall–Kier alpha value is -1.94. The summed E-state index contributed by atoms with van der Waals surface area (Å²) in [5, 5.41) is 10.5. The Bertz CT molecular complexity index is 1580. The van der Waals surface area contributed by atoms with E-state index in [1.54, 1.807) is 0 Å². The van der Waals surface area contributed by atoms with Crippen molar-refractivity contribution >= 4 is 39.5 Å².